The normalized spacial score (nSPS) is 10.3. The summed E-state index contributed by atoms with van der Waals surface area (Å²) in [6.07, 6.45) is 1.65. The monoisotopic (exact) mass is 294 g/mol. The van der Waals surface area contributed by atoms with Crippen molar-refractivity contribution in [3.05, 3.63) is 24.4 Å². The van der Waals surface area contributed by atoms with Gasteiger partial charge >= 0.3 is 5.97 Å². The fourth-order valence-electron chi connectivity index (χ4n) is 1.66. The van der Waals surface area contributed by atoms with Gasteiger partial charge in [0.25, 0.3) is 0 Å². The fraction of sp³-hybridized carbons (Fsp3) is 0.231. The third-order valence-corrected chi connectivity index (χ3v) is 3.46. The quantitative estimate of drug-likeness (QED) is 0.795. The van der Waals surface area contributed by atoms with Crippen LogP contribution in [0.3, 0.4) is 0 Å². The Balaban J connectivity index is 2.25. The lowest BCUT2D eigenvalue weighted by atomic mass is 10.1. The van der Waals surface area contributed by atoms with Gasteiger partial charge in [-0.3, -0.25) is 4.79 Å². The van der Waals surface area contributed by atoms with E-state index in [-0.39, 0.29) is 5.75 Å². The van der Waals surface area contributed by atoms with Gasteiger partial charge in [0.05, 0.1) is 31.9 Å². The molecule has 0 radical (unpaired) electrons. The molecule has 20 heavy (non-hydrogen) atoms. The Kier molecular flexibility index (Phi) is 4.52. The van der Waals surface area contributed by atoms with E-state index in [0.717, 1.165) is 23.0 Å². The number of hydrogen-bond acceptors (Lipinski definition) is 5. The number of aliphatic carboxylic acids is 1. The van der Waals surface area contributed by atoms with E-state index < -0.39 is 5.97 Å². The zero-order valence-corrected chi connectivity index (χ0v) is 11.9. The van der Waals surface area contributed by atoms with E-state index in [9.17, 15) is 4.79 Å². The van der Waals surface area contributed by atoms with Gasteiger partial charge in [0.15, 0.2) is 5.16 Å². The van der Waals surface area contributed by atoms with Gasteiger partial charge in [-0.1, -0.05) is 11.8 Å². The number of carboxylic acids is 1. The van der Waals surface area contributed by atoms with Gasteiger partial charge in [-0.2, -0.15) is 0 Å². The minimum atomic E-state index is -0.880. The highest BCUT2D eigenvalue weighted by atomic mass is 32.2. The highest BCUT2D eigenvalue weighted by Crippen LogP contribution is 2.33. The summed E-state index contributed by atoms with van der Waals surface area (Å²) in [6.45, 7) is 0. The molecule has 1 aromatic heterocycles. The van der Waals surface area contributed by atoms with Crippen LogP contribution in [0.15, 0.2) is 29.6 Å². The number of nitrogens with zero attached hydrogens (tertiary/aromatic N) is 1. The molecule has 0 unspecified atom stereocenters. The Labute approximate surface area is 120 Å². The number of nitrogens with one attached hydrogen (secondary N) is 1. The summed E-state index contributed by atoms with van der Waals surface area (Å²) < 4.78 is 10.5. The van der Waals surface area contributed by atoms with Crippen molar-refractivity contribution in [2.24, 2.45) is 0 Å². The number of thioether (sulfide) groups is 1. The van der Waals surface area contributed by atoms with Gasteiger partial charge in [-0.25, -0.2) is 4.98 Å². The van der Waals surface area contributed by atoms with Crippen LogP contribution in [0.25, 0.3) is 11.3 Å². The SMILES string of the molecule is COc1ccc(-c2cnc(SCC(=O)O)[nH]2)c(OC)c1. The van der Waals surface area contributed by atoms with Crippen LogP contribution in [0.4, 0.5) is 0 Å². The average Bonchev–Trinajstić information content (AvgIpc) is 2.93. The zero-order chi connectivity index (χ0) is 14.5. The second kappa shape index (κ2) is 6.33. The van der Waals surface area contributed by atoms with Gasteiger partial charge in [-0.05, 0) is 12.1 Å². The first-order chi connectivity index (χ1) is 9.63. The van der Waals surface area contributed by atoms with Crippen molar-refractivity contribution in [2.45, 2.75) is 5.16 Å². The van der Waals surface area contributed by atoms with E-state index in [0.29, 0.717) is 16.7 Å². The first-order valence-corrected chi connectivity index (χ1v) is 6.74. The third-order valence-electron chi connectivity index (χ3n) is 2.58. The number of imidazole rings is 1. The number of methoxy groups -OCH3 is 2. The van der Waals surface area contributed by atoms with Crippen molar-refractivity contribution in [2.75, 3.05) is 20.0 Å². The summed E-state index contributed by atoms with van der Waals surface area (Å²) in [5.74, 6) is 0.440. The van der Waals surface area contributed by atoms with Gasteiger partial charge < -0.3 is 19.6 Å². The zero-order valence-electron chi connectivity index (χ0n) is 11.0. The maximum atomic E-state index is 10.5. The second-order valence-electron chi connectivity index (χ2n) is 3.85. The maximum absolute atomic E-state index is 10.5. The van der Waals surface area contributed by atoms with Crippen LogP contribution in [0.2, 0.25) is 0 Å². The molecule has 106 valence electrons. The first-order valence-electron chi connectivity index (χ1n) is 5.76. The van der Waals surface area contributed by atoms with Crippen molar-refractivity contribution in [3.8, 4) is 22.8 Å². The molecule has 0 aliphatic heterocycles. The van der Waals surface area contributed by atoms with Crippen molar-refractivity contribution in [3.63, 3.8) is 0 Å². The number of benzene rings is 1. The lowest BCUT2D eigenvalue weighted by Gasteiger charge is -2.08. The van der Waals surface area contributed by atoms with Crippen LogP contribution in [-0.2, 0) is 4.79 Å². The van der Waals surface area contributed by atoms with E-state index in [1.165, 1.54) is 0 Å². The Hall–Kier alpha value is -2.15. The fourth-order valence-corrected chi connectivity index (χ4v) is 2.23. The highest BCUT2D eigenvalue weighted by Gasteiger charge is 2.11. The number of carboxylic acid groups (broad SMARTS) is 1. The van der Waals surface area contributed by atoms with Crippen molar-refractivity contribution in [1.29, 1.82) is 0 Å². The van der Waals surface area contributed by atoms with Gasteiger partial charge in [0.1, 0.15) is 11.5 Å². The molecular formula is C13H14N2O4S. The predicted octanol–water partition coefficient (Wildman–Crippen LogP) is 2.27. The largest absolute Gasteiger partial charge is 0.497 e. The van der Waals surface area contributed by atoms with Crippen LogP contribution < -0.4 is 9.47 Å². The molecule has 0 fully saturated rings. The lowest BCUT2D eigenvalue weighted by Crippen LogP contribution is -1.97. The Morgan fingerprint density at radius 3 is 2.85 bits per heavy atom. The topological polar surface area (TPSA) is 84.4 Å². The summed E-state index contributed by atoms with van der Waals surface area (Å²) in [7, 11) is 3.17. The van der Waals surface area contributed by atoms with Crippen molar-refractivity contribution < 1.29 is 19.4 Å². The molecule has 1 aromatic carbocycles. The standard InChI is InChI=1S/C13H14N2O4S/c1-18-8-3-4-9(11(5-8)19-2)10-6-14-13(15-10)20-7-12(16)17/h3-6H,7H2,1-2H3,(H,14,15)(H,16,17). The van der Waals surface area contributed by atoms with Crippen molar-refractivity contribution in [1.82, 2.24) is 9.97 Å². The molecule has 2 N–H and O–H groups in total. The molecular weight excluding hydrogens is 280 g/mol. The number of hydrogen-bond donors (Lipinski definition) is 2. The molecule has 0 atom stereocenters. The van der Waals surface area contributed by atoms with Crippen molar-refractivity contribution >= 4 is 17.7 Å². The first kappa shape index (κ1) is 14.3. The molecule has 0 saturated carbocycles. The Morgan fingerprint density at radius 1 is 1.40 bits per heavy atom. The smallest absolute Gasteiger partial charge is 0.313 e. The number of aromatic amines is 1. The molecule has 0 bridgehead atoms. The summed E-state index contributed by atoms with van der Waals surface area (Å²) in [5.41, 5.74) is 1.60. The summed E-state index contributed by atoms with van der Waals surface area (Å²) in [5, 5.41) is 9.20. The molecule has 2 rings (SSSR count). The van der Waals surface area contributed by atoms with Crippen LogP contribution in [0, 0.1) is 0 Å². The highest BCUT2D eigenvalue weighted by molar-refractivity contribution is 7.99. The number of H-pyrrole nitrogens is 1. The number of carbonyl (C=O) groups is 1. The summed E-state index contributed by atoms with van der Waals surface area (Å²) in [6, 6.07) is 5.46. The van der Waals surface area contributed by atoms with Gasteiger partial charge in [0.2, 0.25) is 0 Å². The number of rotatable bonds is 6. The van der Waals surface area contributed by atoms with Crippen LogP contribution >= 0.6 is 11.8 Å². The molecule has 0 spiro atoms. The Bertz CT molecular complexity index is 612. The number of ether oxygens (including phenoxy) is 2. The number of aromatic nitrogens is 2. The summed E-state index contributed by atoms with van der Waals surface area (Å²) >= 11 is 1.13. The van der Waals surface area contributed by atoms with E-state index in [2.05, 4.69) is 9.97 Å². The molecule has 1 heterocycles. The van der Waals surface area contributed by atoms with E-state index >= 15 is 0 Å². The van der Waals surface area contributed by atoms with Gasteiger partial charge in [-0.15, -0.1) is 0 Å². The van der Waals surface area contributed by atoms with E-state index in [1.807, 2.05) is 12.1 Å². The summed E-state index contributed by atoms with van der Waals surface area (Å²) in [4.78, 5) is 17.7. The molecule has 0 aliphatic carbocycles. The van der Waals surface area contributed by atoms with E-state index in [4.69, 9.17) is 14.6 Å². The lowest BCUT2D eigenvalue weighted by molar-refractivity contribution is -0.133. The third kappa shape index (κ3) is 3.24. The molecule has 7 heteroatoms. The van der Waals surface area contributed by atoms with E-state index in [1.54, 1.807) is 26.5 Å². The molecule has 2 aromatic rings. The molecule has 0 saturated heterocycles. The maximum Gasteiger partial charge on any atom is 0.313 e. The minimum Gasteiger partial charge on any atom is -0.497 e. The molecule has 6 nitrogen and oxygen atoms in total. The predicted molar refractivity (Wildman–Crippen MR) is 75.5 cm³/mol. The van der Waals surface area contributed by atoms with Gasteiger partial charge in [0, 0.05) is 11.6 Å². The second-order valence-corrected chi connectivity index (χ2v) is 4.81. The molecule has 0 amide bonds. The molecule has 0 aliphatic rings. The van der Waals surface area contributed by atoms with Crippen LogP contribution in [0.1, 0.15) is 0 Å². The van der Waals surface area contributed by atoms with Crippen LogP contribution in [-0.4, -0.2) is 41.0 Å². The van der Waals surface area contributed by atoms with Crippen LogP contribution in [0.5, 0.6) is 11.5 Å². The minimum absolute atomic E-state index is 0.0350. The average molecular weight is 294 g/mol. The Morgan fingerprint density at radius 2 is 2.20 bits per heavy atom.